The highest BCUT2D eigenvalue weighted by molar-refractivity contribution is 6.06. The number of nitrogens with zero attached hydrogens (tertiary/aromatic N) is 1. The van der Waals surface area contributed by atoms with Crippen molar-refractivity contribution in [1.82, 2.24) is 5.32 Å². The Balaban J connectivity index is 2.03. The van der Waals surface area contributed by atoms with Gasteiger partial charge in [0.25, 0.3) is 5.91 Å². The summed E-state index contributed by atoms with van der Waals surface area (Å²) in [4.78, 5) is 23.0. The lowest BCUT2D eigenvalue weighted by molar-refractivity contribution is -0.112. The first-order chi connectivity index (χ1) is 12.0. The third-order valence-electron chi connectivity index (χ3n) is 3.23. The number of amides is 1. The average molecular weight is 339 g/mol. The third kappa shape index (κ3) is 4.91. The van der Waals surface area contributed by atoms with E-state index in [0.717, 1.165) is 0 Å². The first-order valence-electron chi connectivity index (χ1n) is 7.23. The Morgan fingerprint density at radius 1 is 1.20 bits per heavy atom. The fourth-order valence-electron chi connectivity index (χ4n) is 1.98. The van der Waals surface area contributed by atoms with E-state index >= 15 is 0 Å². The molecule has 126 valence electrons. The zero-order valence-corrected chi connectivity index (χ0v) is 13.0. The summed E-state index contributed by atoms with van der Waals surface area (Å²) in [6, 6.07) is 13.5. The lowest BCUT2D eigenvalue weighted by atomic mass is 10.2. The van der Waals surface area contributed by atoms with Crippen molar-refractivity contribution in [3.05, 3.63) is 77.2 Å². The van der Waals surface area contributed by atoms with Crippen LogP contribution in [0.25, 0.3) is 0 Å². The Hall–Kier alpha value is -3.66. The Kier molecular flexibility index (Phi) is 5.85. The second-order valence-corrected chi connectivity index (χ2v) is 4.98. The van der Waals surface area contributed by atoms with Crippen molar-refractivity contribution >= 4 is 17.6 Å². The second kappa shape index (κ2) is 8.26. The second-order valence-electron chi connectivity index (χ2n) is 4.98. The van der Waals surface area contributed by atoms with Gasteiger partial charge in [-0.05, 0) is 24.3 Å². The van der Waals surface area contributed by atoms with Crippen LogP contribution in [0.15, 0.2) is 60.3 Å². The molecule has 0 heterocycles. The topological polar surface area (TPSA) is 102 Å². The first-order valence-corrected chi connectivity index (χ1v) is 7.23. The maximum absolute atomic E-state index is 13.5. The Morgan fingerprint density at radius 2 is 1.96 bits per heavy atom. The van der Waals surface area contributed by atoms with Gasteiger partial charge in [0.2, 0.25) is 0 Å². The smallest absolute Gasteiger partial charge is 0.335 e. The number of carboxylic acids is 1. The van der Waals surface area contributed by atoms with E-state index < -0.39 is 17.7 Å². The van der Waals surface area contributed by atoms with E-state index in [0.29, 0.717) is 5.56 Å². The molecule has 2 aromatic rings. The van der Waals surface area contributed by atoms with Crippen LogP contribution in [0.5, 0.6) is 0 Å². The van der Waals surface area contributed by atoms with E-state index in [-0.39, 0.29) is 23.4 Å². The van der Waals surface area contributed by atoms with E-state index in [1.54, 1.807) is 24.3 Å². The summed E-state index contributed by atoms with van der Waals surface area (Å²) in [5.41, 5.74) is 0.431. The van der Waals surface area contributed by atoms with Crippen LogP contribution >= 0.6 is 0 Å². The molecule has 0 bridgehead atoms. The zero-order valence-electron chi connectivity index (χ0n) is 13.0. The van der Waals surface area contributed by atoms with E-state index in [4.69, 9.17) is 10.4 Å². The van der Waals surface area contributed by atoms with E-state index in [2.05, 4.69) is 10.6 Å². The van der Waals surface area contributed by atoms with Crippen molar-refractivity contribution in [2.75, 3.05) is 5.32 Å². The highest BCUT2D eigenvalue weighted by Gasteiger charge is 2.11. The van der Waals surface area contributed by atoms with Gasteiger partial charge in [-0.3, -0.25) is 4.79 Å². The van der Waals surface area contributed by atoms with Crippen molar-refractivity contribution in [2.24, 2.45) is 0 Å². The highest BCUT2D eigenvalue weighted by Crippen LogP contribution is 2.12. The quantitative estimate of drug-likeness (QED) is 0.555. The van der Waals surface area contributed by atoms with Crippen molar-refractivity contribution in [3.63, 3.8) is 0 Å². The molecule has 3 N–H and O–H groups in total. The average Bonchev–Trinajstić information content (AvgIpc) is 2.60. The number of nitrogens with one attached hydrogen (secondary N) is 2. The van der Waals surface area contributed by atoms with Crippen LogP contribution in [0.4, 0.5) is 10.1 Å². The predicted molar refractivity (Wildman–Crippen MR) is 89.0 cm³/mol. The number of hydrogen-bond donors (Lipinski definition) is 3. The number of carboxylic acid groups (broad SMARTS) is 1. The minimum Gasteiger partial charge on any atom is -0.478 e. The molecule has 2 rings (SSSR count). The number of hydrogen-bond acceptors (Lipinski definition) is 4. The Morgan fingerprint density at radius 3 is 2.64 bits per heavy atom. The number of aromatic carboxylic acids is 1. The molecule has 0 aromatic heterocycles. The van der Waals surface area contributed by atoms with Gasteiger partial charge in [0.15, 0.2) is 0 Å². The van der Waals surface area contributed by atoms with Gasteiger partial charge in [0.1, 0.15) is 17.5 Å². The molecule has 0 spiro atoms. The molecular formula is C18H14FN3O3. The lowest BCUT2D eigenvalue weighted by Gasteiger charge is -2.06. The van der Waals surface area contributed by atoms with Crippen molar-refractivity contribution < 1.29 is 19.1 Å². The SMILES string of the molecule is N#C/C(=C/NCc1ccccc1F)C(=O)Nc1cccc(C(=O)O)c1. The molecule has 6 nitrogen and oxygen atoms in total. The van der Waals surface area contributed by atoms with Crippen LogP contribution in [-0.2, 0) is 11.3 Å². The van der Waals surface area contributed by atoms with Crippen LogP contribution < -0.4 is 10.6 Å². The highest BCUT2D eigenvalue weighted by atomic mass is 19.1. The summed E-state index contributed by atoms with van der Waals surface area (Å²) in [5, 5.41) is 23.2. The number of nitriles is 1. The van der Waals surface area contributed by atoms with Crippen molar-refractivity contribution in [3.8, 4) is 6.07 Å². The third-order valence-corrected chi connectivity index (χ3v) is 3.23. The standard InChI is InChI=1S/C18H14FN3O3/c19-16-7-2-1-4-13(16)10-21-11-14(9-20)17(23)22-15-6-3-5-12(8-15)18(24)25/h1-8,11,21H,10H2,(H,22,23)(H,24,25)/b14-11-. The minimum absolute atomic E-state index is 0.0120. The van der Waals surface area contributed by atoms with Crippen LogP contribution in [0.1, 0.15) is 15.9 Å². The number of carbonyl (C=O) groups is 2. The Bertz CT molecular complexity index is 872. The van der Waals surface area contributed by atoms with Crippen LogP contribution in [-0.4, -0.2) is 17.0 Å². The monoisotopic (exact) mass is 339 g/mol. The summed E-state index contributed by atoms with van der Waals surface area (Å²) in [7, 11) is 0. The number of anilines is 1. The van der Waals surface area contributed by atoms with Gasteiger partial charge >= 0.3 is 5.97 Å². The van der Waals surface area contributed by atoms with Gasteiger partial charge < -0.3 is 15.7 Å². The van der Waals surface area contributed by atoms with E-state index in [1.165, 1.54) is 36.5 Å². The van der Waals surface area contributed by atoms with Crippen LogP contribution in [0.2, 0.25) is 0 Å². The number of halogens is 1. The molecule has 0 saturated heterocycles. The molecule has 0 unspecified atom stereocenters. The molecule has 0 atom stereocenters. The van der Waals surface area contributed by atoms with Gasteiger partial charge in [-0.15, -0.1) is 0 Å². The van der Waals surface area contributed by atoms with E-state index in [9.17, 15) is 14.0 Å². The zero-order chi connectivity index (χ0) is 18.2. The number of carbonyl (C=O) groups excluding carboxylic acids is 1. The van der Waals surface area contributed by atoms with Gasteiger partial charge in [0, 0.05) is 24.0 Å². The molecule has 7 heteroatoms. The molecule has 0 aliphatic rings. The van der Waals surface area contributed by atoms with Gasteiger partial charge in [-0.25, -0.2) is 9.18 Å². The normalized spacial score (nSPS) is 10.6. The summed E-state index contributed by atoms with van der Waals surface area (Å²) >= 11 is 0. The van der Waals surface area contributed by atoms with E-state index in [1.807, 2.05) is 0 Å². The molecule has 25 heavy (non-hydrogen) atoms. The van der Waals surface area contributed by atoms with Gasteiger partial charge in [0.05, 0.1) is 5.56 Å². The number of benzene rings is 2. The maximum Gasteiger partial charge on any atom is 0.335 e. The van der Waals surface area contributed by atoms with Gasteiger partial charge in [-0.2, -0.15) is 5.26 Å². The molecule has 0 aliphatic heterocycles. The van der Waals surface area contributed by atoms with Crippen LogP contribution in [0.3, 0.4) is 0 Å². The van der Waals surface area contributed by atoms with Crippen LogP contribution in [0, 0.1) is 17.1 Å². The predicted octanol–water partition coefficient (Wildman–Crippen LogP) is 2.66. The largest absolute Gasteiger partial charge is 0.478 e. The van der Waals surface area contributed by atoms with Gasteiger partial charge in [-0.1, -0.05) is 24.3 Å². The molecule has 0 fully saturated rings. The summed E-state index contributed by atoms with van der Waals surface area (Å²) in [5.74, 6) is -2.22. The lowest BCUT2D eigenvalue weighted by Crippen LogP contribution is -2.17. The number of rotatable bonds is 6. The summed E-state index contributed by atoms with van der Waals surface area (Å²) in [6.45, 7) is 0.111. The Labute approximate surface area is 143 Å². The van der Waals surface area contributed by atoms with Crippen molar-refractivity contribution in [1.29, 1.82) is 5.26 Å². The first kappa shape index (κ1) is 17.7. The molecule has 0 aliphatic carbocycles. The molecule has 1 amide bonds. The maximum atomic E-state index is 13.5. The van der Waals surface area contributed by atoms with Crippen molar-refractivity contribution in [2.45, 2.75) is 6.54 Å². The molecule has 0 radical (unpaired) electrons. The fourth-order valence-corrected chi connectivity index (χ4v) is 1.98. The minimum atomic E-state index is -1.13. The summed E-state index contributed by atoms with van der Waals surface area (Å²) < 4.78 is 13.5. The molecule has 0 saturated carbocycles. The molecular weight excluding hydrogens is 325 g/mol. The summed E-state index contributed by atoms with van der Waals surface area (Å²) in [6.07, 6.45) is 1.18. The fraction of sp³-hybridized carbons (Fsp3) is 0.0556. The molecule has 2 aromatic carbocycles.